The number of carbonyl (C=O) groups excluding carboxylic acids is 4. The Morgan fingerprint density at radius 1 is 1.12 bits per heavy atom. The number of furan rings is 1. The summed E-state index contributed by atoms with van der Waals surface area (Å²) in [4.78, 5) is 53.8. The van der Waals surface area contributed by atoms with Gasteiger partial charge in [-0.3, -0.25) is 9.59 Å². The molecule has 3 fully saturated rings. The van der Waals surface area contributed by atoms with E-state index in [9.17, 15) is 24.3 Å². The van der Waals surface area contributed by atoms with Crippen LogP contribution in [0.1, 0.15) is 85.8 Å². The number of ether oxygens (including phenoxy) is 3. The third-order valence-electron chi connectivity index (χ3n) is 11.1. The van der Waals surface area contributed by atoms with Crippen LogP contribution in [0.5, 0.6) is 0 Å². The van der Waals surface area contributed by atoms with Crippen molar-refractivity contribution in [3.05, 3.63) is 46.4 Å². The van der Waals surface area contributed by atoms with E-state index in [-0.39, 0.29) is 24.1 Å². The van der Waals surface area contributed by atoms with Crippen LogP contribution in [0.15, 0.2) is 45.3 Å². The summed E-state index contributed by atoms with van der Waals surface area (Å²) in [7, 11) is 1.20. The number of carbonyl (C=O) groups is 4. The minimum atomic E-state index is -1.63. The van der Waals surface area contributed by atoms with Gasteiger partial charge in [0.25, 0.3) is 0 Å². The molecule has 8 unspecified atom stereocenters. The Balaban J connectivity index is 1.71. The first-order valence-corrected chi connectivity index (χ1v) is 14.7. The number of cyclic esters (lactones) is 1. The van der Waals surface area contributed by atoms with Gasteiger partial charge >= 0.3 is 17.9 Å². The molecule has 2 heterocycles. The first-order valence-electron chi connectivity index (χ1n) is 14.7. The number of esters is 3. The number of aliphatic hydroxyl groups is 1. The van der Waals surface area contributed by atoms with Crippen LogP contribution in [-0.2, 0) is 33.4 Å². The number of hydrogen-bond acceptors (Lipinski definition) is 9. The molecule has 1 aromatic heterocycles. The maximum Gasteiger partial charge on any atom is 0.335 e. The molecule has 228 valence electrons. The summed E-state index contributed by atoms with van der Waals surface area (Å²) in [6, 6.07) is 1.80. The maximum absolute atomic E-state index is 14.6. The van der Waals surface area contributed by atoms with E-state index in [1.807, 2.05) is 34.6 Å². The molecule has 0 radical (unpaired) electrons. The van der Waals surface area contributed by atoms with Crippen LogP contribution < -0.4 is 0 Å². The van der Waals surface area contributed by atoms with Gasteiger partial charge in [-0.25, -0.2) is 9.59 Å². The highest BCUT2D eigenvalue weighted by atomic mass is 16.6. The standard InChI is InChI=1S/C33H42O9/c1-16(2)17(3)29(37)42-28-20-13-19-21(33(7,26(20)36)25(31(28,4)5)24(35)30(38)39-8)9-11-32(6)22(19)14-23(34)41-27(32)18-10-12-40-15-18/h10,12,15,20-21,24-25,27-28,35H,9,11,13-14H2,1-8H3. The van der Waals surface area contributed by atoms with E-state index in [4.69, 9.17) is 18.6 Å². The van der Waals surface area contributed by atoms with Crippen LogP contribution in [0.2, 0.25) is 0 Å². The molecule has 0 spiro atoms. The Morgan fingerprint density at radius 2 is 1.81 bits per heavy atom. The minimum absolute atomic E-state index is 0.0859. The Hall–Kier alpha value is -3.20. The molecule has 8 atom stereocenters. The molecule has 1 saturated heterocycles. The minimum Gasteiger partial charge on any atom is -0.472 e. The van der Waals surface area contributed by atoms with Crippen molar-refractivity contribution in [1.82, 2.24) is 0 Å². The van der Waals surface area contributed by atoms with Gasteiger partial charge in [0, 0.05) is 33.3 Å². The number of ketones is 1. The van der Waals surface area contributed by atoms with Crippen molar-refractivity contribution in [2.75, 3.05) is 7.11 Å². The van der Waals surface area contributed by atoms with E-state index in [1.165, 1.54) is 7.11 Å². The highest BCUT2D eigenvalue weighted by Gasteiger charge is 2.70. The average Bonchev–Trinajstić information content (AvgIpc) is 3.46. The molecule has 4 aliphatic rings. The number of hydrogen-bond donors (Lipinski definition) is 1. The first kappa shape index (κ1) is 30.3. The van der Waals surface area contributed by atoms with Gasteiger partial charge in [0.1, 0.15) is 18.0 Å². The highest BCUT2D eigenvalue weighted by molar-refractivity contribution is 5.94. The Bertz CT molecular complexity index is 1380. The van der Waals surface area contributed by atoms with Crippen LogP contribution in [-0.4, -0.2) is 48.1 Å². The second-order valence-electron chi connectivity index (χ2n) is 13.8. The monoisotopic (exact) mass is 582 g/mol. The molecular formula is C33H42O9. The quantitative estimate of drug-likeness (QED) is 0.220. The lowest BCUT2D eigenvalue weighted by atomic mass is 9.40. The molecule has 0 amide bonds. The second kappa shape index (κ2) is 10.2. The molecule has 5 rings (SSSR count). The fourth-order valence-corrected chi connectivity index (χ4v) is 8.80. The van der Waals surface area contributed by atoms with Gasteiger partial charge in [-0.05, 0) is 57.6 Å². The molecule has 9 nitrogen and oxygen atoms in total. The number of aliphatic hydroxyl groups excluding tert-OH is 1. The molecule has 9 heteroatoms. The molecule has 1 aromatic rings. The summed E-state index contributed by atoms with van der Waals surface area (Å²) in [6.45, 7) is 12.9. The number of rotatable bonds is 5. The Labute approximate surface area is 246 Å². The topological polar surface area (TPSA) is 129 Å². The molecule has 3 aliphatic carbocycles. The van der Waals surface area contributed by atoms with Gasteiger partial charge < -0.3 is 23.7 Å². The van der Waals surface area contributed by atoms with E-state index < -0.39 is 58.3 Å². The summed E-state index contributed by atoms with van der Waals surface area (Å²) >= 11 is 0. The largest absolute Gasteiger partial charge is 0.472 e. The van der Waals surface area contributed by atoms with Gasteiger partial charge in [-0.15, -0.1) is 0 Å². The van der Waals surface area contributed by atoms with Crippen molar-refractivity contribution in [2.45, 2.75) is 92.5 Å². The van der Waals surface area contributed by atoms with Gasteiger partial charge in [-0.2, -0.15) is 0 Å². The lowest BCUT2D eigenvalue weighted by Gasteiger charge is -2.64. The zero-order valence-electron chi connectivity index (χ0n) is 25.7. The SMILES string of the molecule is COC(=O)C(O)C1C(C)(C)C(OC(=O)C(C)=C(C)C)C2CC3=C4CC(=O)OC(c5ccoc5)C4(C)CCC3C1(C)C2=O. The van der Waals surface area contributed by atoms with Crippen molar-refractivity contribution in [2.24, 2.45) is 34.0 Å². The van der Waals surface area contributed by atoms with Crippen LogP contribution in [0.25, 0.3) is 0 Å². The summed E-state index contributed by atoms with van der Waals surface area (Å²) in [5.74, 6) is -3.83. The van der Waals surface area contributed by atoms with Crippen LogP contribution in [0, 0.1) is 34.0 Å². The molecule has 1 N–H and O–H groups in total. The van der Waals surface area contributed by atoms with E-state index >= 15 is 0 Å². The van der Waals surface area contributed by atoms with Crippen LogP contribution in [0.4, 0.5) is 0 Å². The van der Waals surface area contributed by atoms with Crippen molar-refractivity contribution in [3.63, 3.8) is 0 Å². The van der Waals surface area contributed by atoms with Gasteiger partial charge in [-0.1, -0.05) is 38.8 Å². The van der Waals surface area contributed by atoms with E-state index in [2.05, 4.69) is 6.92 Å². The van der Waals surface area contributed by atoms with Crippen molar-refractivity contribution < 1.29 is 42.9 Å². The van der Waals surface area contributed by atoms with E-state index in [0.29, 0.717) is 24.8 Å². The third-order valence-corrected chi connectivity index (χ3v) is 11.1. The predicted molar refractivity (Wildman–Crippen MR) is 150 cm³/mol. The molecule has 2 bridgehead atoms. The molecular weight excluding hydrogens is 540 g/mol. The number of Topliss-reactive ketones (excluding diaryl/α,β-unsaturated/α-hetero) is 1. The number of fused-ring (bicyclic) bond motifs is 5. The van der Waals surface area contributed by atoms with Crippen LogP contribution >= 0.6 is 0 Å². The molecule has 0 aromatic carbocycles. The number of methoxy groups -OCH3 is 1. The summed E-state index contributed by atoms with van der Waals surface area (Å²) < 4.78 is 22.4. The summed E-state index contributed by atoms with van der Waals surface area (Å²) in [5.41, 5.74) is 1.22. The van der Waals surface area contributed by atoms with Crippen molar-refractivity contribution in [1.29, 1.82) is 0 Å². The average molecular weight is 583 g/mol. The van der Waals surface area contributed by atoms with Crippen molar-refractivity contribution in [3.8, 4) is 0 Å². The fraction of sp³-hybridized carbons (Fsp3) is 0.636. The summed E-state index contributed by atoms with van der Waals surface area (Å²) in [5, 5.41) is 11.5. The van der Waals surface area contributed by atoms with E-state index in [0.717, 1.165) is 22.3 Å². The lowest BCUT2D eigenvalue weighted by molar-refractivity contribution is -0.211. The van der Waals surface area contributed by atoms with E-state index in [1.54, 1.807) is 25.5 Å². The zero-order chi connectivity index (χ0) is 30.9. The molecule has 2 saturated carbocycles. The van der Waals surface area contributed by atoms with Gasteiger partial charge in [0.15, 0.2) is 6.10 Å². The maximum atomic E-state index is 14.6. The predicted octanol–water partition coefficient (Wildman–Crippen LogP) is 5.03. The first-order chi connectivity index (χ1) is 19.6. The lowest BCUT2D eigenvalue weighted by Crippen LogP contribution is -2.69. The van der Waals surface area contributed by atoms with Crippen molar-refractivity contribution >= 4 is 23.7 Å². The second-order valence-corrected chi connectivity index (χ2v) is 13.8. The normalized spacial score (nSPS) is 35.8. The Kier molecular flexibility index (Phi) is 7.36. The molecule has 42 heavy (non-hydrogen) atoms. The Morgan fingerprint density at radius 3 is 2.40 bits per heavy atom. The zero-order valence-corrected chi connectivity index (χ0v) is 25.7. The summed E-state index contributed by atoms with van der Waals surface area (Å²) in [6.07, 6.45) is 1.69. The smallest absolute Gasteiger partial charge is 0.335 e. The van der Waals surface area contributed by atoms with Gasteiger partial charge in [0.2, 0.25) is 0 Å². The third kappa shape index (κ3) is 4.21. The molecule has 1 aliphatic heterocycles. The fourth-order valence-electron chi connectivity index (χ4n) is 8.80. The highest BCUT2D eigenvalue weighted by Crippen LogP contribution is 2.68. The number of allylic oxidation sites excluding steroid dienone is 2. The van der Waals surface area contributed by atoms with Crippen LogP contribution in [0.3, 0.4) is 0 Å². The van der Waals surface area contributed by atoms with Gasteiger partial charge in [0.05, 0.1) is 32.0 Å².